The van der Waals surface area contributed by atoms with Gasteiger partial charge in [-0.3, -0.25) is 9.69 Å². The number of alkyl halides is 3. The van der Waals surface area contributed by atoms with Crippen molar-refractivity contribution in [2.45, 2.75) is 63.7 Å². The third-order valence-corrected chi connectivity index (χ3v) is 6.20. The maximum Gasteiger partial charge on any atom is 0.416 e. The highest BCUT2D eigenvalue weighted by Gasteiger charge is 2.39. The van der Waals surface area contributed by atoms with Gasteiger partial charge in [0, 0.05) is 19.1 Å². The number of nitrogens with zero attached hydrogens (tertiary/aromatic N) is 2. The van der Waals surface area contributed by atoms with Crippen LogP contribution in [0.4, 0.5) is 13.2 Å². The number of amides is 1. The molecule has 0 N–H and O–H groups in total. The Labute approximate surface area is 164 Å². The van der Waals surface area contributed by atoms with Crippen LogP contribution in [-0.4, -0.2) is 55.0 Å². The average Bonchev–Trinajstić information content (AvgIpc) is 3.35. The van der Waals surface area contributed by atoms with E-state index in [4.69, 9.17) is 4.74 Å². The van der Waals surface area contributed by atoms with E-state index in [1.54, 1.807) is 18.9 Å². The minimum Gasteiger partial charge on any atom is -0.496 e. The fraction of sp³-hybridized carbons (Fsp3) is 0.667. The lowest BCUT2D eigenvalue weighted by Crippen LogP contribution is -2.48. The summed E-state index contributed by atoms with van der Waals surface area (Å²) in [7, 11) is 3.09. The first-order chi connectivity index (χ1) is 13.3. The molecule has 3 rings (SSSR count). The Morgan fingerprint density at radius 2 is 1.89 bits per heavy atom. The Bertz CT molecular complexity index is 689. The summed E-state index contributed by atoms with van der Waals surface area (Å²) < 4.78 is 44.9. The van der Waals surface area contributed by atoms with Crippen LogP contribution < -0.4 is 4.74 Å². The summed E-state index contributed by atoms with van der Waals surface area (Å²) in [5.74, 6) is -0.252. The van der Waals surface area contributed by atoms with Gasteiger partial charge in [0.15, 0.2) is 0 Å². The van der Waals surface area contributed by atoms with E-state index in [-0.39, 0.29) is 23.3 Å². The Kier molecular flexibility index (Phi) is 6.22. The van der Waals surface area contributed by atoms with Crippen LogP contribution in [0, 0.1) is 0 Å². The first-order valence-corrected chi connectivity index (χ1v) is 10.1. The first-order valence-electron chi connectivity index (χ1n) is 10.1. The summed E-state index contributed by atoms with van der Waals surface area (Å²) in [5, 5.41) is 0. The normalized spacial score (nSPS) is 23.2. The van der Waals surface area contributed by atoms with Crippen molar-refractivity contribution in [3.05, 3.63) is 28.8 Å². The lowest BCUT2D eigenvalue weighted by molar-refractivity contribution is -0.137. The Morgan fingerprint density at radius 1 is 1.21 bits per heavy atom. The van der Waals surface area contributed by atoms with E-state index in [0.717, 1.165) is 44.5 Å². The van der Waals surface area contributed by atoms with Crippen LogP contribution >= 0.6 is 0 Å². The molecule has 0 radical (unpaired) electrons. The molecular formula is C21H29F3N2O2. The number of likely N-dealkylation sites (N-methyl/N-ethyl adjacent to an activating group) is 1. The molecule has 2 fully saturated rings. The SMILES string of the molecule is CCc1cc(C(F)(F)F)cc(OC)c1C(=O)N(C)C1CCCC1N1CCCC1. The van der Waals surface area contributed by atoms with Gasteiger partial charge in [-0.25, -0.2) is 0 Å². The number of carbonyl (C=O) groups is 1. The van der Waals surface area contributed by atoms with Crippen molar-refractivity contribution in [3.63, 3.8) is 0 Å². The number of carbonyl (C=O) groups excluding carboxylic acids is 1. The molecule has 156 valence electrons. The highest BCUT2D eigenvalue weighted by atomic mass is 19.4. The van der Waals surface area contributed by atoms with E-state index in [1.165, 1.54) is 20.0 Å². The van der Waals surface area contributed by atoms with Crippen molar-refractivity contribution in [2.24, 2.45) is 0 Å². The summed E-state index contributed by atoms with van der Waals surface area (Å²) in [6, 6.07) is 2.44. The van der Waals surface area contributed by atoms with Crippen LogP contribution in [0.5, 0.6) is 5.75 Å². The predicted octanol–water partition coefficient (Wildman–Crippen LogP) is 4.37. The fourth-order valence-electron chi connectivity index (χ4n) is 4.72. The van der Waals surface area contributed by atoms with Gasteiger partial charge in [0.25, 0.3) is 5.91 Å². The monoisotopic (exact) mass is 398 g/mol. The van der Waals surface area contributed by atoms with E-state index in [9.17, 15) is 18.0 Å². The summed E-state index contributed by atoms with van der Waals surface area (Å²) in [6.45, 7) is 3.88. The highest BCUT2D eigenvalue weighted by Crippen LogP contribution is 2.37. The Morgan fingerprint density at radius 3 is 2.46 bits per heavy atom. The van der Waals surface area contributed by atoms with E-state index >= 15 is 0 Å². The average molecular weight is 398 g/mol. The second-order valence-corrected chi connectivity index (χ2v) is 7.79. The van der Waals surface area contributed by atoms with Crippen LogP contribution in [0.1, 0.15) is 60.5 Å². The third-order valence-electron chi connectivity index (χ3n) is 6.20. The van der Waals surface area contributed by atoms with Gasteiger partial charge in [0.2, 0.25) is 0 Å². The Balaban J connectivity index is 1.92. The van der Waals surface area contributed by atoms with Crippen LogP contribution in [0.3, 0.4) is 0 Å². The number of methoxy groups -OCH3 is 1. The molecule has 0 bridgehead atoms. The topological polar surface area (TPSA) is 32.8 Å². The van der Waals surface area contributed by atoms with Gasteiger partial charge in [0.1, 0.15) is 5.75 Å². The molecule has 1 heterocycles. The molecule has 1 aromatic rings. The lowest BCUT2D eigenvalue weighted by Gasteiger charge is -2.35. The number of aryl methyl sites for hydroxylation is 1. The van der Waals surface area contributed by atoms with Crippen molar-refractivity contribution < 1.29 is 22.7 Å². The number of hydrogen-bond acceptors (Lipinski definition) is 3. The van der Waals surface area contributed by atoms with Gasteiger partial charge in [-0.15, -0.1) is 0 Å². The molecule has 1 aromatic carbocycles. The lowest BCUT2D eigenvalue weighted by atomic mass is 9.98. The smallest absolute Gasteiger partial charge is 0.416 e. The van der Waals surface area contributed by atoms with Crippen LogP contribution in [0.15, 0.2) is 12.1 Å². The van der Waals surface area contributed by atoms with Crippen molar-refractivity contribution in [3.8, 4) is 5.75 Å². The number of hydrogen-bond donors (Lipinski definition) is 0. The zero-order valence-electron chi connectivity index (χ0n) is 16.8. The summed E-state index contributed by atoms with van der Waals surface area (Å²) in [6.07, 6.45) is 1.28. The summed E-state index contributed by atoms with van der Waals surface area (Å²) in [5.41, 5.74) is -0.150. The number of ether oxygens (including phenoxy) is 1. The molecule has 1 aliphatic carbocycles. The second kappa shape index (κ2) is 8.31. The van der Waals surface area contributed by atoms with Crippen LogP contribution in [0.25, 0.3) is 0 Å². The number of likely N-dealkylation sites (tertiary alicyclic amines) is 1. The van der Waals surface area contributed by atoms with Crippen molar-refractivity contribution in [1.82, 2.24) is 9.80 Å². The minimum absolute atomic E-state index is 0.000700. The molecule has 1 amide bonds. The molecule has 2 aliphatic rings. The molecular weight excluding hydrogens is 369 g/mol. The Hall–Kier alpha value is -1.76. The molecule has 1 saturated heterocycles. The van der Waals surface area contributed by atoms with E-state index in [0.29, 0.717) is 18.0 Å². The molecule has 28 heavy (non-hydrogen) atoms. The van der Waals surface area contributed by atoms with Crippen molar-refractivity contribution in [1.29, 1.82) is 0 Å². The molecule has 4 nitrogen and oxygen atoms in total. The van der Waals surface area contributed by atoms with Crippen LogP contribution in [0.2, 0.25) is 0 Å². The second-order valence-electron chi connectivity index (χ2n) is 7.79. The number of halogens is 3. The number of rotatable bonds is 5. The van der Waals surface area contributed by atoms with Gasteiger partial charge < -0.3 is 9.64 Å². The molecule has 1 aliphatic heterocycles. The summed E-state index contributed by atoms with van der Waals surface area (Å²) in [4.78, 5) is 17.6. The van der Waals surface area contributed by atoms with E-state index in [2.05, 4.69) is 4.90 Å². The predicted molar refractivity (Wildman–Crippen MR) is 102 cm³/mol. The van der Waals surface area contributed by atoms with Gasteiger partial charge in [-0.05, 0) is 69.3 Å². The molecule has 1 saturated carbocycles. The van der Waals surface area contributed by atoms with Crippen LogP contribution in [-0.2, 0) is 12.6 Å². The maximum atomic E-state index is 13.4. The molecule has 2 atom stereocenters. The standard InChI is InChI=1S/C21H29F3N2O2/c1-4-14-12-15(21(22,23)24)13-18(28-3)19(14)20(27)25(2)16-8-7-9-17(16)26-10-5-6-11-26/h12-13,16-17H,4-11H2,1-3H3. The quantitative estimate of drug-likeness (QED) is 0.739. The largest absolute Gasteiger partial charge is 0.496 e. The van der Waals surface area contributed by atoms with Crippen molar-refractivity contribution in [2.75, 3.05) is 27.2 Å². The third kappa shape index (κ3) is 4.00. The van der Waals surface area contributed by atoms with E-state index < -0.39 is 11.7 Å². The van der Waals surface area contributed by atoms with Gasteiger partial charge >= 0.3 is 6.18 Å². The minimum atomic E-state index is -4.48. The first kappa shape index (κ1) is 21.0. The highest BCUT2D eigenvalue weighted by molar-refractivity contribution is 5.98. The van der Waals surface area contributed by atoms with Gasteiger partial charge in [-0.1, -0.05) is 6.92 Å². The molecule has 0 aromatic heterocycles. The molecule has 7 heteroatoms. The zero-order valence-corrected chi connectivity index (χ0v) is 16.8. The zero-order chi connectivity index (χ0) is 20.5. The molecule has 0 spiro atoms. The molecule has 2 unspecified atom stereocenters. The number of benzene rings is 1. The summed E-state index contributed by atoms with van der Waals surface area (Å²) >= 11 is 0. The van der Waals surface area contributed by atoms with Gasteiger partial charge in [-0.2, -0.15) is 13.2 Å². The fourth-order valence-corrected chi connectivity index (χ4v) is 4.72. The van der Waals surface area contributed by atoms with E-state index in [1.807, 2.05) is 0 Å². The van der Waals surface area contributed by atoms with Crippen molar-refractivity contribution >= 4 is 5.91 Å². The maximum absolute atomic E-state index is 13.4. The van der Waals surface area contributed by atoms with Gasteiger partial charge in [0.05, 0.1) is 18.2 Å².